The van der Waals surface area contributed by atoms with Crippen LogP contribution in [0.5, 0.6) is 0 Å². The Morgan fingerprint density at radius 3 is 2.70 bits per heavy atom. The standard InChI is InChI=1S/C15H13ClFNO2/c1-9-6-12(17)4-2-10(9)8-20-15(19)13-5-3-11(16)7-14(13)18/h2-7H,8,18H2,1H3. The van der Waals surface area contributed by atoms with E-state index in [0.29, 0.717) is 5.02 Å². The van der Waals surface area contributed by atoms with Crippen molar-refractivity contribution in [3.63, 3.8) is 0 Å². The van der Waals surface area contributed by atoms with Gasteiger partial charge in [0, 0.05) is 10.7 Å². The van der Waals surface area contributed by atoms with E-state index in [1.165, 1.54) is 24.3 Å². The van der Waals surface area contributed by atoms with Crippen molar-refractivity contribution in [3.8, 4) is 0 Å². The quantitative estimate of drug-likeness (QED) is 0.693. The average Bonchev–Trinajstić information content (AvgIpc) is 2.37. The number of halogens is 2. The molecule has 0 aliphatic carbocycles. The van der Waals surface area contributed by atoms with Crippen molar-refractivity contribution in [1.82, 2.24) is 0 Å². The summed E-state index contributed by atoms with van der Waals surface area (Å²) in [4.78, 5) is 11.9. The molecule has 0 radical (unpaired) electrons. The van der Waals surface area contributed by atoms with Crippen molar-refractivity contribution < 1.29 is 13.9 Å². The largest absolute Gasteiger partial charge is 0.457 e. The summed E-state index contributed by atoms with van der Waals surface area (Å²) in [5, 5.41) is 0.452. The first-order valence-corrected chi connectivity index (χ1v) is 6.32. The Morgan fingerprint density at radius 1 is 1.30 bits per heavy atom. The van der Waals surface area contributed by atoms with Crippen LogP contribution in [0.15, 0.2) is 36.4 Å². The van der Waals surface area contributed by atoms with E-state index in [2.05, 4.69) is 0 Å². The van der Waals surface area contributed by atoms with E-state index >= 15 is 0 Å². The van der Waals surface area contributed by atoms with E-state index in [9.17, 15) is 9.18 Å². The third kappa shape index (κ3) is 3.27. The molecule has 5 heteroatoms. The molecule has 3 nitrogen and oxygen atoms in total. The van der Waals surface area contributed by atoms with E-state index in [1.807, 2.05) is 0 Å². The van der Waals surface area contributed by atoms with Crippen LogP contribution in [0.2, 0.25) is 5.02 Å². The van der Waals surface area contributed by atoms with Crippen LogP contribution in [-0.2, 0) is 11.3 Å². The lowest BCUT2D eigenvalue weighted by atomic mass is 10.1. The van der Waals surface area contributed by atoms with Gasteiger partial charge >= 0.3 is 5.97 Å². The van der Waals surface area contributed by atoms with Crippen molar-refractivity contribution in [3.05, 3.63) is 63.9 Å². The molecule has 0 amide bonds. The predicted molar refractivity (Wildman–Crippen MR) is 76.1 cm³/mol. The number of aryl methyl sites for hydroxylation is 1. The molecule has 0 bridgehead atoms. The summed E-state index contributed by atoms with van der Waals surface area (Å²) in [5.41, 5.74) is 7.69. The van der Waals surface area contributed by atoms with Crippen LogP contribution < -0.4 is 5.73 Å². The minimum atomic E-state index is -0.539. The van der Waals surface area contributed by atoms with Crippen molar-refractivity contribution in [2.45, 2.75) is 13.5 Å². The minimum absolute atomic E-state index is 0.0625. The second-order valence-corrected chi connectivity index (χ2v) is 4.81. The first-order chi connectivity index (χ1) is 9.47. The average molecular weight is 294 g/mol. The summed E-state index contributed by atoms with van der Waals surface area (Å²) in [7, 11) is 0. The fraction of sp³-hybridized carbons (Fsp3) is 0.133. The van der Waals surface area contributed by atoms with Crippen molar-refractivity contribution in [2.75, 3.05) is 5.73 Å². The van der Waals surface area contributed by atoms with E-state index in [0.717, 1.165) is 11.1 Å². The number of nitrogens with two attached hydrogens (primary N) is 1. The molecule has 0 aliphatic rings. The lowest BCUT2D eigenvalue weighted by Crippen LogP contribution is -2.08. The molecule has 2 N–H and O–H groups in total. The Labute approximate surface area is 121 Å². The van der Waals surface area contributed by atoms with Gasteiger partial charge in [-0.2, -0.15) is 0 Å². The first kappa shape index (κ1) is 14.3. The number of nitrogen functional groups attached to an aromatic ring is 1. The Morgan fingerprint density at radius 2 is 2.05 bits per heavy atom. The number of rotatable bonds is 3. The highest BCUT2D eigenvalue weighted by molar-refractivity contribution is 6.31. The minimum Gasteiger partial charge on any atom is -0.457 e. The lowest BCUT2D eigenvalue weighted by Gasteiger charge is -2.09. The Kier molecular flexibility index (Phi) is 4.25. The molecule has 2 aromatic carbocycles. The molecule has 0 spiro atoms. The Hall–Kier alpha value is -2.07. The van der Waals surface area contributed by atoms with Gasteiger partial charge in [0.1, 0.15) is 12.4 Å². The number of anilines is 1. The molecule has 104 valence electrons. The third-order valence-corrected chi connectivity index (χ3v) is 3.13. The molecule has 0 aliphatic heterocycles. The molecule has 0 unspecified atom stereocenters. The van der Waals surface area contributed by atoms with Crippen LogP contribution in [-0.4, -0.2) is 5.97 Å². The summed E-state index contributed by atoms with van der Waals surface area (Å²) >= 11 is 5.76. The van der Waals surface area contributed by atoms with Gasteiger partial charge in [-0.05, 0) is 48.4 Å². The van der Waals surface area contributed by atoms with Gasteiger partial charge < -0.3 is 10.5 Å². The second kappa shape index (κ2) is 5.92. The molecule has 2 aromatic rings. The Balaban J connectivity index is 2.08. The number of carbonyl (C=O) groups excluding carboxylic acids is 1. The van der Waals surface area contributed by atoms with E-state index in [-0.39, 0.29) is 23.7 Å². The molecule has 0 saturated carbocycles. The fourth-order valence-corrected chi connectivity index (χ4v) is 1.94. The Bertz CT molecular complexity index is 658. The highest BCUT2D eigenvalue weighted by Gasteiger charge is 2.12. The van der Waals surface area contributed by atoms with Crippen LogP contribution in [0.25, 0.3) is 0 Å². The monoisotopic (exact) mass is 293 g/mol. The molecule has 2 rings (SSSR count). The SMILES string of the molecule is Cc1cc(F)ccc1COC(=O)c1ccc(Cl)cc1N. The van der Waals surface area contributed by atoms with Gasteiger partial charge in [0.25, 0.3) is 0 Å². The van der Waals surface area contributed by atoms with Crippen molar-refractivity contribution in [1.29, 1.82) is 0 Å². The molecule has 0 fully saturated rings. The van der Waals surface area contributed by atoms with Gasteiger partial charge in [-0.1, -0.05) is 17.7 Å². The normalized spacial score (nSPS) is 10.3. The number of hydrogen-bond acceptors (Lipinski definition) is 3. The third-order valence-electron chi connectivity index (χ3n) is 2.90. The molecular formula is C15H13ClFNO2. The zero-order valence-electron chi connectivity index (χ0n) is 10.8. The summed E-state index contributed by atoms with van der Waals surface area (Å²) in [6.07, 6.45) is 0. The smallest absolute Gasteiger partial charge is 0.340 e. The van der Waals surface area contributed by atoms with Gasteiger partial charge in [0.05, 0.1) is 5.56 Å². The van der Waals surface area contributed by atoms with Crippen molar-refractivity contribution >= 4 is 23.3 Å². The number of ether oxygens (including phenoxy) is 1. The number of hydrogen-bond donors (Lipinski definition) is 1. The lowest BCUT2D eigenvalue weighted by molar-refractivity contribution is 0.0473. The molecule has 0 heterocycles. The maximum atomic E-state index is 13.0. The van der Waals surface area contributed by atoms with Gasteiger partial charge in [0.2, 0.25) is 0 Å². The highest BCUT2D eigenvalue weighted by Crippen LogP contribution is 2.19. The molecule has 20 heavy (non-hydrogen) atoms. The summed E-state index contributed by atoms with van der Waals surface area (Å²) < 4.78 is 18.1. The van der Waals surface area contributed by atoms with Crippen LogP contribution in [0.4, 0.5) is 10.1 Å². The summed E-state index contributed by atoms with van der Waals surface area (Å²) in [5.74, 6) is -0.859. The zero-order chi connectivity index (χ0) is 14.7. The fourth-order valence-electron chi connectivity index (χ4n) is 1.76. The van der Waals surface area contributed by atoms with Crippen LogP contribution >= 0.6 is 11.6 Å². The van der Waals surface area contributed by atoms with E-state index in [1.54, 1.807) is 19.1 Å². The first-order valence-electron chi connectivity index (χ1n) is 5.94. The second-order valence-electron chi connectivity index (χ2n) is 4.38. The van der Waals surface area contributed by atoms with Crippen molar-refractivity contribution in [2.24, 2.45) is 0 Å². The number of benzene rings is 2. The van der Waals surface area contributed by atoms with Crippen LogP contribution in [0, 0.1) is 12.7 Å². The maximum absolute atomic E-state index is 13.0. The van der Waals surface area contributed by atoms with Gasteiger partial charge in [-0.25, -0.2) is 9.18 Å². The van der Waals surface area contributed by atoms with E-state index < -0.39 is 5.97 Å². The molecule has 0 atom stereocenters. The van der Waals surface area contributed by atoms with Gasteiger partial charge in [0.15, 0.2) is 0 Å². The zero-order valence-corrected chi connectivity index (χ0v) is 11.6. The summed E-state index contributed by atoms with van der Waals surface area (Å²) in [6.45, 7) is 1.82. The topological polar surface area (TPSA) is 52.3 Å². The predicted octanol–water partition coefficient (Wildman–Crippen LogP) is 3.73. The van der Waals surface area contributed by atoms with Crippen LogP contribution in [0.1, 0.15) is 21.5 Å². The maximum Gasteiger partial charge on any atom is 0.340 e. The number of carbonyl (C=O) groups is 1. The van der Waals surface area contributed by atoms with E-state index in [4.69, 9.17) is 22.1 Å². The van der Waals surface area contributed by atoms with Gasteiger partial charge in [-0.3, -0.25) is 0 Å². The number of esters is 1. The molecule has 0 aromatic heterocycles. The molecular weight excluding hydrogens is 281 g/mol. The highest BCUT2D eigenvalue weighted by atomic mass is 35.5. The van der Waals surface area contributed by atoms with Crippen LogP contribution in [0.3, 0.4) is 0 Å². The summed E-state index contributed by atoms with van der Waals surface area (Å²) in [6, 6.07) is 8.87. The molecule has 0 saturated heterocycles. The van der Waals surface area contributed by atoms with Gasteiger partial charge in [-0.15, -0.1) is 0 Å².